The number of hydrogen-bond donors (Lipinski definition) is 1. The molecule has 4 aromatic rings. The van der Waals surface area contributed by atoms with Crippen LogP contribution < -0.4 is 10.5 Å². The lowest BCUT2D eigenvalue weighted by Crippen LogP contribution is -2.12. The Morgan fingerprint density at radius 3 is 2.22 bits per heavy atom. The van der Waals surface area contributed by atoms with Crippen LogP contribution >= 0.6 is 0 Å². The molecule has 9 heteroatoms. The lowest BCUT2D eigenvalue weighted by molar-refractivity contribution is -0.0504. The van der Waals surface area contributed by atoms with Gasteiger partial charge in [-0.15, -0.1) is 0 Å². The number of Topliss-reactive ketones (excluding diaryl/α,β-unsaturated/α-hetero) is 1. The number of para-hydroxylation sites is 1. The quantitative estimate of drug-likeness (QED) is 0.305. The van der Waals surface area contributed by atoms with Crippen molar-refractivity contribution in [3.8, 4) is 28.3 Å². The molecule has 0 atom stereocenters. The molecule has 0 aliphatic heterocycles. The van der Waals surface area contributed by atoms with E-state index in [1.807, 2.05) is 26.0 Å². The number of alkyl halides is 2. The second-order valence-corrected chi connectivity index (χ2v) is 8.21. The largest absolute Gasteiger partial charge is 0.435 e. The fourth-order valence-corrected chi connectivity index (χ4v) is 3.92. The number of nitrogens with two attached hydrogens (primary N) is 1. The fourth-order valence-electron chi connectivity index (χ4n) is 3.92. The number of rotatable bonds is 8. The zero-order valence-corrected chi connectivity index (χ0v) is 19.6. The average Bonchev–Trinajstić information content (AvgIpc) is 2.82. The van der Waals surface area contributed by atoms with Gasteiger partial charge in [0.2, 0.25) is 0 Å². The van der Waals surface area contributed by atoms with Gasteiger partial charge in [-0.05, 0) is 68.3 Å². The van der Waals surface area contributed by atoms with Crippen LogP contribution in [0.2, 0.25) is 0 Å². The highest BCUT2D eigenvalue weighted by Gasteiger charge is 2.21. The smallest absolute Gasteiger partial charge is 0.387 e. The van der Waals surface area contributed by atoms with Gasteiger partial charge in [-0.2, -0.15) is 8.78 Å². The van der Waals surface area contributed by atoms with Crippen molar-refractivity contribution in [2.24, 2.45) is 0 Å². The summed E-state index contributed by atoms with van der Waals surface area (Å²) in [6.07, 6.45) is 0.0948. The highest BCUT2D eigenvalue weighted by atomic mass is 19.3. The molecular weight excluding hydrogens is 469 g/mol. The maximum absolute atomic E-state index is 13.5. The van der Waals surface area contributed by atoms with E-state index in [0.29, 0.717) is 28.1 Å². The number of halogens is 3. The van der Waals surface area contributed by atoms with Crippen LogP contribution in [-0.2, 0) is 6.42 Å². The van der Waals surface area contributed by atoms with Gasteiger partial charge in [0, 0.05) is 28.9 Å². The Labute approximate surface area is 206 Å². The Balaban J connectivity index is 1.73. The Hall–Kier alpha value is -4.27. The minimum absolute atomic E-state index is 0.00874. The molecule has 2 aromatic carbocycles. The lowest BCUT2D eigenvalue weighted by Gasteiger charge is -2.14. The van der Waals surface area contributed by atoms with E-state index in [9.17, 15) is 18.0 Å². The number of carbonyl (C=O) groups is 1. The van der Waals surface area contributed by atoms with Gasteiger partial charge >= 0.3 is 6.61 Å². The molecule has 0 saturated carbocycles. The van der Waals surface area contributed by atoms with Crippen molar-refractivity contribution >= 4 is 11.6 Å². The van der Waals surface area contributed by atoms with Crippen LogP contribution in [0.3, 0.4) is 0 Å². The molecule has 6 nitrogen and oxygen atoms in total. The van der Waals surface area contributed by atoms with E-state index < -0.39 is 18.2 Å². The van der Waals surface area contributed by atoms with Gasteiger partial charge in [-0.1, -0.05) is 18.2 Å². The second-order valence-electron chi connectivity index (χ2n) is 8.21. The fraction of sp³-hybridized carbons (Fsp3) is 0.185. The van der Waals surface area contributed by atoms with Crippen LogP contribution in [0.25, 0.3) is 22.5 Å². The van der Waals surface area contributed by atoms with E-state index >= 15 is 0 Å². The number of nitrogen functional groups attached to an aromatic ring is 1. The van der Waals surface area contributed by atoms with E-state index in [1.165, 1.54) is 18.2 Å². The van der Waals surface area contributed by atoms with Crippen molar-refractivity contribution in [2.45, 2.75) is 33.3 Å². The second kappa shape index (κ2) is 10.6. The van der Waals surface area contributed by atoms with Gasteiger partial charge in [0.15, 0.2) is 11.6 Å². The van der Waals surface area contributed by atoms with Crippen LogP contribution in [0.15, 0.2) is 60.7 Å². The van der Waals surface area contributed by atoms with Crippen LogP contribution in [0.1, 0.15) is 33.9 Å². The molecule has 2 N–H and O–H groups in total. The number of pyridine rings is 1. The maximum Gasteiger partial charge on any atom is 0.387 e. The molecule has 36 heavy (non-hydrogen) atoms. The number of anilines is 1. The number of hydrogen-bond acceptors (Lipinski definition) is 6. The number of ketones is 1. The minimum atomic E-state index is -2.97. The van der Waals surface area contributed by atoms with Gasteiger partial charge < -0.3 is 10.5 Å². The Morgan fingerprint density at radius 2 is 1.56 bits per heavy atom. The molecule has 0 amide bonds. The molecule has 0 aliphatic carbocycles. The van der Waals surface area contributed by atoms with E-state index in [0.717, 1.165) is 11.4 Å². The molecule has 2 heterocycles. The third kappa shape index (κ3) is 5.68. The molecule has 0 radical (unpaired) electrons. The predicted octanol–water partition coefficient (Wildman–Crippen LogP) is 5.96. The number of benzene rings is 2. The molecule has 0 spiro atoms. The standard InChI is InChI=1S/C27H23F3N4O2/c1-15-13-19(14-16(2)32-15)24-23(18-7-10-20(28)11-8-18)34-26(31)25(33-24)21(35)12-9-17-5-3-4-6-22(17)36-27(29)30/h3-8,10-11,13-14,27H,9,12H2,1-2H3,(H2,31,34). The topological polar surface area (TPSA) is 91.0 Å². The van der Waals surface area contributed by atoms with Crippen LogP contribution in [-0.4, -0.2) is 27.3 Å². The van der Waals surface area contributed by atoms with Crippen LogP contribution in [0.4, 0.5) is 19.0 Å². The Bertz CT molecular complexity index is 1390. The summed E-state index contributed by atoms with van der Waals surface area (Å²) in [5, 5.41) is 0. The molecule has 0 aliphatic rings. The number of carbonyl (C=O) groups excluding carboxylic acids is 1. The van der Waals surface area contributed by atoms with Crippen molar-refractivity contribution in [2.75, 3.05) is 5.73 Å². The molecule has 0 bridgehead atoms. The highest BCUT2D eigenvalue weighted by molar-refractivity contribution is 5.99. The van der Waals surface area contributed by atoms with Crippen LogP contribution in [0.5, 0.6) is 5.75 Å². The predicted molar refractivity (Wildman–Crippen MR) is 130 cm³/mol. The average molecular weight is 493 g/mol. The van der Waals surface area contributed by atoms with Gasteiger partial charge in [0.1, 0.15) is 17.3 Å². The molecule has 4 rings (SSSR count). The summed E-state index contributed by atoms with van der Waals surface area (Å²) >= 11 is 0. The maximum atomic E-state index is 13.5. The summed E-state index contributed by atoms with van der Waals surface area (Å²) in [5.74, 6) is -0.877. The number of nitrogens with zero attached hydrogens (tertiary/aromatic N) is 3. The van der Waals surface area contributed by atoms with Gasteiger partial charge in [-0.25, -0.2) is 14.4 Å². The molecule has 0 fully saturated rings. The van der Waals surface area contributed by atoms with Gasteiger partial charge in [0.25, 0.3) is 0 Å². The zero-order chi connectivity index (χ0) is 25.8. The third-order valence-corrected chi connectivity index (χ3v) is 5.47. The van der Waals surface area contributed by atoms with E-state index in [-0.39, 0.29) is 30.1 Å². The van der Waals surface area contributed by atoms with E-state index in [2.05, 4.69) is 19.7 Å². The van der Waals surface area contributed by atoms with Crippen molar-refractivity contribution < 1.29 is 22.7 Å². The first-order valence-electron chi connectivity index (χ1n) is 11.2. The molecule has 0 unspecified atom stereocenters. The van der Waals surface area contributed by atoms with Crippen molar-refractivity contribution in [1.29, 1.82) is 0 Å². The summed E-state index contributed by atoms with van der Waals surface area (Å²) in [4.78, 5) is 26.6. The van der Waals surface area contributed by atoms with Crippen molar-refractivity contribution in [3.05, 3.63) is 89.1 Å². The van der Waals surface area contributed by atoms with E-state index in [1.54, 1.807) is 30.3 Å². The Kier molecular flexibility index (Phi) is 7.28. The minimum Gasteiger partial charge on any atom is -0.435 e. The highest BCUT2D eigenvalue weighted by Crippen LogP contribution is 2.32. The number of ether oxygens (including phenoxy) is 1. The van der Waals surface area contributed by atoms with Crippen molar-refractivity contribution in [3.63, 3.8) is 0 Å². The molecular formula is C27H23F3N4O2. The monoisotopic (exact) mass is 492 g/mol. The van der Waals surface area contributed by atoms with Gasteiger partial charge in [-0.3, -0.25) is 9.78 Å². The van der Waals surface area contributed by atoms with Gasteiger partial charge in [0.05, 0.1) is 11.4 Å². The molecule has 2 aromatic heterocycles. The number of aryl methyl sites for hydroxylation is 3. The third-order valence-electron chi connectivity index (χ3n) is 5.47. The summed E-state index contributed by atoms with van der Waals surface area (Å²) in [7, 11) is 0. The first-order valence-corrected chi connectivity index (χ1v) is 11.2. The summed E-state index contributed by atoms with van der Waals surface area (Å²) in [6.45, 7) is 0.699. The summed E-state index contributed by atoms with van der Waals surface area (Å²) < 4.78 is 43.6. The van der Waals surface area contributed by atoms with Crippen molar-refractivity contribution in [1.82, 2.24) is 15.0 Å². The zero-order valence-electron chi connectivity index (χ0n) is 19.6. The molecule has 184 valence electrons. The number of aromatic nitrogens is 3. The van der Waals surface area contributed by atoms with Crippen LogP contribution in [0, 0.1) is 19.7 Å². The lowest BCUT2D eigenvalue weighted by atomic mass is 10.0. The summed E-state index contributed by atoms with van der Waals surface area (Å²) in [6, 6.07) is 15.6. The first kappa shape index (κ1) is 24.8. The van der Waals surface area contributed by atoms with E-state index in [4.69, 9.17) is 5.73 Å². The molecule has 0 saturated heterocycles. The Morgan fingerprint density at radius 1 is 0.917 bits per heavy atom. The summed E-state index contributed by atoms with van der Waals surface area (Å²) in [5.41, 5.74) is 10.1. The SMILES string of the molecule is Cc1cc(-c2nc(C(=O)CCc3ccccc3OC(F)F)c(N)nc2-c2ccc(F)cc2)cc(C)n1. The first-order chi connectivity index (χ1) is 17.2. The normalized spacial score (nSPS) is 11.1.